The Morgan fingerprint density at radius 3 is 2.27 bits per heavy atom. The van der Waals surface area contributed by atoms with Gasteiger partial charge in [-0.1, -0.05) is 12.1 Å². The van der Waals surface area contributed by atoms with Gasteiger partial charge in [0.05, 0.1) is 6.10 Å². The Balaban J connectivity index is 1.50. The molecular formula is C21H24N2O3. The Bertz CT molecular complexity index is 763. The van der Waals surface area contributed by atoms with Crippen molar-refractivity contribution in [2.75, 3.05) is 5.32 Å². The topological polar surface area (TPSA) is 67.4 Å². The van der Waals surface area contributed by atoms with Crippen molar-refractivity contribution in [3.05, 3.63) is 59.7 Å². The lowest BCUT2D eigenvalue weighted by molar-refractivity contribution is -0.117. The van der Waals surface area contributed by atoms with Gasteiger partial charge in [-0.3, -0.25) is 9.59 Å². The quantitative estimate of drug-likeness (QED) is 0.797. The van der Waals surface area contributed by atoms with E-state index in [2.05, 4.69) is 10.6 Å². The molecule has 2 amide bonds. The maximum atomic E-state index is 12.3. The van der Waals surface area contributed by atoms with Crippen LogP contribution in [-0.4, -0.2) is 17.9 Å². The van der Waals surface area contributed by atoms with Crippen LogP contribution < -0.4 is 15.4 Å². The highest BCUT2D eigenvalue weighted by molar-refractivity contribution is 5.96. The average molecular weight is 352 g/mol. The number of hydrogen-bond acceptors (Lipinski definition) is 3. The summed E-state index contributed by atoms with van der Waals surface area (Å²) in [5.41, 5.74) is 2.29. The molecule has 0 spiro atoms. The number of rotatable bonds is 7. The van der Waals surface area contributed by atoms with Gasteiger partial charge in [-0.25, -0.2) is 0 Å². The molecule has 1 aliphatic rings. The number of benzene rings is 2. The van der Waals surface area contributed by atoms with E-state index in [1.807, 2.05) is 38.1 Å². The van der Waals surface area contributed by atoms with Gasteiger partial charge in [0.1, 0.15) is 5.75 Å². The van der Waals surface area contributed by atoms with Crippen LogP contribution in [0.3, 0.4) is 0 Å². The molecule has 2 aromatic rings. The molecule has 2 N–H and O–H groups in total. The van der Waals surface area contributed by atoms with Crippen LogP contribution in [0.4, 0.5) is 5.69 Å². The van der Waals surface area contributed by atoms with Crippen LogP contribution in [0.25, 0.3) is 0 Å². The Morgan fingerprint density at radius 1 is 1.04 bits per heavy atom. The summed E-state index contributed by atoms with van der Waals surface area (Å²) < 4.78 is 5.60. The zero-order chi connectivity index (χ0) is 18.5. The molecule has 0 unspecified atom stereocenters. The Hall–Kier alpha value is -2.82. The second kappa shape index (κ2) is 8.04. The summed E-state index contributed by atoms with van der Waals surface area (Å²) in [5, 5.41) is 5.76. The molecule has 1 fully saturated rings. The van der Waals surface area contributed by atoms with Gasteiger partial charge >= 0.3 is 0 Å². The predicted molar refractivity (Wildman–Crippen MR) is 101 cm³/mol. The molecule has 1 aliphatic carbocycles. The lowest BCUT2D eigenvalue weighted by Crippen LogP contribution is -2.22. The van der Waals surface area contributed by atoms with Crippen molar-refractivity contribution in [2.45, 2.75) is 39.3 Å². The Labute approximate surface area is 153 Å². The van der Waals surface area contributed by atoms with Crippen LogP contribution in [0.1, 0.15) is 42.6 Å². The van der Waals surface area contributed by atoms with Gasteiger partial charge in [0, 0.05) is 23.7 Å². The first-order valence-electron chi connectivity index (χ1n) is 8.96. The van der Waals surface area contributed by atoms with Crippen LogP contribution in [-0.2, 0) is 11.3 Å². The lowest BCUT2D eigenvalue weighted by Gasteiger charge is -2.11. The fourth-order valence-corrected chi connectivity index (χ4v) is 2.54. The summed E-state index contributed by atoms with van der Waals surface area (Å²) >= 11 is 0. The largest absolute Gasteiger partial charge is 0.491 e. The molecule has 26 heavy (non-hydrogen) atoms. The van der Waals surface area contributed by atoms with Gasteiger partial charge in [0.2, 0.25) is 5.91 Å². The molecule has 3 rings (SSSR count). The van der Waals surface area contributed by atoms with Crippen molar-refractivity contribution >= 4 is 17.5 Å². The predicted octanol–water partition coefficient (Wildman–Crippen LogP) is 3.75. The maximum absolute atomic E-state index is 12.3. The van der Waals surface area contributed by atoms with Crippen molar-refractivity contribution in [3.8, 4) is 5.75 Å². The number of carbonyl (C=O) groups excluding carboxylic acids is 2. The second-order valence-corrected chi connectivity index (χ2v) is 6.83. The molecule has 0 bridgehead atoms. The first-order valence-corrected chi connectivity index (χ1v) is 8.96. The molecule has 2 aromatic carbocycles. The van der Waals surface area contributed by atoms with Gasteiger partial charge in [-0.2, -0.15) is 0 Å². The molecule has 1 saturated carbocycles. The number of amides is 2. The van der Waals surface area contributed by atoms with Crippen LogP contribution in [0.2, 0.25) is 0 Å². The van der Waals surface area contributed by atoms with Crippen LogP contribution in [0.15, 0.2) is 48.5 Å². The summed E-state index contributed by atoms with van der Waals surface area (Å²) in [4.78, 5) is 24.0. The highest BCUT2D eigenvalue weighted by atomic mass is 16.5. The fraction of sp³-hybridized carbons (Fsp3) is 0.333. The molecule has 0 atom stereocenters. The first-order chi connectivity index (χ1) is 12.5. The number of nitrogens with one attached hydrogen (secondary N) is 2. The van der Waals surface area contributed by atoms with E-state index in [9.17, 15) is 9.59 Å². The van der Waals surface area contributed by atoms with Crippen molar-refractivity contribution in [2.24, 2.45) is 5.92 Å². The van der Waals surface area contributed by atoms with Crippen molar-refractivity contribution < 1.29 is 14.3 Å². The molecule has 0 aliphatic heterocycles. The number of hydrogen-bond donors (Lipinski definition) is 2. The SMILES string of the molecule is CC(C)Oc1ccc(CNC(=O)c2ccc(NC(=O)C3CC3)cc2)cc1. The van der Waals surface area contributed by atoms with E-state index < -0.39 is 0 Å². The lowest BCUT2D eigenvalue weighted by atomic mass is 10.1. The zero-order valence-electron chi connectivity index (χ0n) is 15.1. The van der Waals surface area contributed by atoms with Gasteiger partial charge < -0.3 is 15.4 Å². The van der Waals surface area contributed by atoms with Crippen LogP contribution in [0, 0.1) is 5.92 Å². The molecule has 0 aromatic heterocycles. The van der Waals surface area contributed by atoms with Crippen LogP contribution >= 0.6 is 0 Å². The molecule has 0 radical (unpaired) electrons. The van der Waals surface area contributed by atoms with Gasteiger partial charge in [-0.15, -0.1) is 0 Å². The highest BCUT2D eigenvalue weighted by Crippen LogP contribution is 2.30. The van der Waals surface area contributed by atoms with Gasteiger partial charge in [0.15, 0.2) is 0 Å². The zero-order valence-corrected chi connectivity index (χ0v) is 15.1. The second-order valence-electron chi connectivity index (χ2n) is 6.83. The summed E-state index contributed by atoms with van der Waals surface area (Å²) in [5.74, 6) is 0.897. The molecular weight excluding hydrogens is 328 g/mol. The number of anilines is 1. The molecule has 0 saturated heterocycles. The van der Waals surface area contributed by atoms with Crippen molar-refractivity contribution in [1.82, 2.24) is 5.32 Å². The molecule has 0 heterocycles. The number of ether oxygens (including phenoxy) is 1. The van der Waals surface area contributed by atoms with E-state index in [0.29, 0.717) is 12.1 Å². The van der Waals surface area contributed by atoms with Gasteiger partial charge in [-0.05, 0) is 68.7 Å². The van der Waals surface area contributed by atoms with E-state index in [4.69, 9.17) is 4.74 Å². The summed E-state index contributed by atoms with van der Waals surface area (Å²) in [6, 6.07) is 14.6. The summed E-state index contributed by atoms with van der Waals surface area (Å²) in [6.45, 7) is 4.41. The Morgan fingerprint density at radius 2 is 1.69 bits per heavy atom. The van der Waals surface area contributed by atoms with E-state index in [0.717, 1.165) is 29.8 Å². The molecule has 136 valence electrons. The minimum Gasteiger partial charge on any atom is -0.491 e. The number of carbonyl (C=O) groups is 2. The average Bonchev–Trinajstić information content (AvgIpc) is 3.46. The summed E-state index contributed by atoms with van der Waals surface area (Å²) in [7, 11) is 0. The minimum absolute atomic E-state index is 0.0621. The van der Waals surface area contributed by atoms with E-state index in [-0.39, 0.29) is 23.8 Å². The summed E-state index contributed by atoms with van der Waals surface area (Å²) in [6.07, 6.45) is 2.07. The molecule has 5 heteroatoms. The maximum Gasteiger partial charge on any atom is 0.251 e. The molecule has 5 nitrogen and oxygen atoms in total. The third-order valence-electron chi connectivity index (χ3n) is 4.11. The van der Waals surface area contributed by atoms with Crippen molar-refractivity contribution in [3.63, 3.8) is 0 Å². The fourth-order valence-electron chi connectivity index (χ4n) is 2.54. The van der Waals surface area contributed by atoms with E-state index in [1.54, 1.807) is 24.3 Å². The monoisotopic (exact) mass is 352 g/mol. The Kier molecular flexibility index (Phi) is 5.56. The first kappa shape index (κ1) is 18.0. The standard InChI is InChI=1S/C21H24N2O3/c1-14(2)26-19-11-3-15(4-12-19)13-22-20(24)16-7-9-18(10-8-16)23-21(25)17-5-6-17/h3-4,7-12,14,17H,5-6,13H2,1-2H3,(H,22,24)(H,23,25). The van der Waals surface area contributed by atoms with Gasteiger partial charge in [0.25, 0.3) is 5.91 Å². The third kappa shape index (κ3) is 5.09. The minimum atomic E-state index is -0.146. The third-order valence-corrected chi connectivity index (χ3v) is 4.11. The highest BCUT2D eigenvalue weighted by Gasteiger charge is 2.29. The van der Waals surface area contributed by atoms with Crippen molar-refractivity contribution in [1.29, 1.82) is 0 Å². The normalized spacial score (nSPS) is 13.3. The van der Waals surface area contributed by atoms with Crippen LogP contribution in [0.5, 0.6) is 5.75 Å². The smallest absolute Gasteiger partial charge is 0.251 e. The van der Waals surface area contributed by atoms with E-state index >= 15 is 0 Å². The van der Waals surface area contributed by atoms with E-state index in [1.165, 1.54) is 0 Å².